The van der Waals surface area contributed by atoms with Gasteiger partial charge in [-0.05, 0) is 42.0 Å². The third-order valence-electron chi connectivity index (χ3n) is 5.26. The van der Waals surface area contributed by atoms with Crippen LogP contribution in [0.2, 0.25) is 0 Å². The van der Waals surface area contributed by atoms with Crippen LogP contribution in [0, 0.1) is 10.1 Å². The molecule has 190 valence electrons. The van der Waals surface area contributed by atoms with Gasteiger partial charge in [-0.1, -0.05) is 30.0 Å². The molecule has 4 aromatic rings. The molecule has 11 nitrogen and oxygen atoms in total. The smallest absolute Gasteiger partial charge is 0.319 e. The van der Waals surface area contributed by atoms with Gasteiger partial charge in [0.05, 0.1) is 25.7 Å². The van der Waals surface area contributed by atoms with E-state index in [1.54, 1.807) is 55.2 Å². The van der Waals surface area contributed by atoms with Crippen molar-refractivity contribution in [3.63, 3.8) is 0 Å². The van der Waals surface area contributed by atoms with Gasteiger partial charge in [-0.3, -0.25) is 14.7 Å². The lowest BCUT2D eigenvalue weighted by atomic mass is 10.2. The Balaban J connectivity index is 1.53. The summed E-state index contributed by atoms with van der Waals surface area (Å²) in [5.74, 6) is 2.42. The summed E-state index contributed by atoms with van der Waals surface area (Å²) in [5, 5.41) is 25.8. The fourth-order valence-electron chi connectivity index (χ4n) is 3.44. The number of nitrogens with zero attached hydrogens (tertiary/aromatic N) is 4. The van der Waals surface area contributed by atoms with Crippen molar-refractivity contribution in [1.29, 1.82) is 0 Å². The van der Waals surface area contributed by atoms with Crippen molar-refractivity contribution < 1.29 is 19.2 Å². The minimum Gasteiger partial charge on any atom is -0.497 e. The zero-order chi connectivity index (χ0) is 26.2. The first-order chi connectivity index (χ1) is 18.0. The van der Waals surface area contributed by atoms with E-state index in [-0.39, 0.29) is 12.2 Å². The largest absolute Gasteiger partial charge is 0.497 e. The minimum atomic E-state index is -0.459. The van der Waals surface area contributed by atoms with Gasteiger partial charge in [0.1, 0.15) is 11.5 Å². The number of nitrogens with one attached hydrogen (secondary N) is 2. The zero-order valence-electron chi connectivity index (χ0n) is 20.1. The van der Waals surface area contributed by atoms with E-state index < -0.39 is 11.0 Å². The van der Waals surface area contributed by atoms with Crippen LogP contribution in [0.15, 0.2) is 78.0 Å². The number of aromatic nitrogens is 3. The number of urea groups is 1. The Morgan fingerprint density at radius 1 is 1.00 bits per heavy atom. The van der Waals surface area contributed by atoms with Crippen LogP contribution in [0.4, 0.5) is 16.2 Å². The lowest BCUT2D eigenvalue weighted by Gasteiger charge is -2.12. The molecule has 0 unspecified atom stereocenters. The van der Waals surface area contributed by atoms with Crippen LogP contribution in [-0.4, -0.2) is 39.9 Å². The zero-order valence-corrected chi connectivity index (χ0v) is 20.9. The quantitative estimate of drug-likeness (QED) is 0.173. The summed E-state index contributed by atoms with van der Waals surface area (Å²) in [6.07, 6.45) is 0. The minimum absolute atomic E-state index is 0.0280. The highest BCUT2D eigenvalue weighted by atomic mass is 32.2. The summed E-state index contributed by atoms with van der Waals surface area (Å²) in [5.41, 5.74) is 2.21. The first-order valence-corrected chi connectivity index (χ1v) is 12.1. The molecule has 0 aliphatic rings. The Morgan fingerprint density at radius 2 is 1.70 bits per heavy atom. The monoisotopic (exact) mass is 520 g/mol. The van der Waals surface area contributed by atoms with E-state index >= 15 is 0 Å². The van der Waals surface area contributed by atoms with Gasteiger partial charge in [-0.2, -0.15) is 0 Å². The number of thioether (sulfide) groups is 1. The second kappa shape index (κ2) is 11.9. The van der Waals surface area contributed by atoms with Gasteiger partial charge in [0.15, 0.2) is 11.0 Å². The molecule has 0 spiro atoms. The van der Waals surface area contributed by atoms with Gasteiger partial charge in [0, 0.05) is 35.3 Å². The maximum atomic E-state index is 12.5. The molecule has 37 heavy (non-hydrogen) atoms. The van der Waals surface area contributed by atoms with Crippen LogP contribution in [-0.2, 0) is 12.3 Å². The SMILES string of the molecule is COc1cccc(CSc2nnc(CNC(=O)Nc3cccc(OC)c3)n2-c2ccc([N+](=O)[O-])cc2)c1. The molecular weight excluding hydrogens is 496 g/mol. The first kappa shape index (κ1) is 25.5. The van der Waals surface area contributed by atoms with Crippen LogP contribution in [0.1, 0.15) is 11.4 Å². The highest BCUT2D eigenvalue weighted by molar-refractivity contribution is 7.98. The predicted octanol–water partition coefficient (Wildman–Crippen LogP) is 4.81. The summed E-state index contributed by atoms with van der Waals surface area (Å²) in [7, 11) is 3.16. The molecule has 0 fully saturated rings. The molecule has 0 saturated carbocycles. The molecule has 0 atom stereocenters. The number of rotatable bonds is 10. The first-order valence-electron chi connectivity index (χ1n) is 11.1. The molecule has 0 bridgehead atoms. The number of hydrogen-bond donors (Lipinski definition) is 2. The van der Waals surface area contributed by atoms with Gasteiger partial charge < -0.3 is 20.1 Å². The maximum absolute atomic E-state index is 12.5. The van der Waals surface area contributed by atoms with E-state index in [1.807, 2.05) is 24.3 Å². The van der Waals surface area contributed by atoms with E-state index in [0.717, 1.165) is 11.3 Å². The van der Waals surface area contributed by atoms with Crippen LogP contribution < -0.4 is 20.1 Å². The number of carbonyl (C=O) groups is 1. The lowest BCUT2D eigenvalue weighted by molar-refractivity contribution is -0.384. The van der Waals surface area contributed by atoms with Crippen molar-refractivity contribution >= 4 is 29.2 Å². The average molecular weight is 521 g/mol. The number of methoxy groups -OCH3 is 2. The molecule has 0 aliphatic heterocycles. The Labute approximate surface area is 217 Å². The van der Waals surface area contributed by atoms with Gasteiger partial charge >= 0.3 is 6.03 Å². The van der Waals surface area contributed by atoms with Crippen molar-refractivity contribution in [1.82, 2.24) is 20.1 Å². The van der Waals surface area contributed by atoms with E-state index in [2.05, 4.69) is 20.8 Å². The number of ether oxygens (including phenoxy) is 2. The fourth-order valence-corrected chi connectivity index (χ4v) is 4.35. The topological polar surface area (TPSA) is 133 Å². The standard InChI is InChI=1S/C25H24N6O5S/c1-35-21-7-3-5-17(13-21)16-37-25-29-28-23(30(25)19-9-11-20(12-10-19)31(33)34)15-26-24(32)27-18-6-4-8-22(14-18)36-2/h3-14H,15-16H2,1-2H3,(H2,26,27,32). The van der Waals surface area contributed by atoms with Crippen LogP contribution in [0.3, 0.4) is 0 Å². The van der Waals surface area contributed by atoms with Gasteiger partial charge in [-0.25, -0.2) is 4.79 Å². The van der Waals surface area contributed by atoms with E-state index in [0.29, 0.717) is 33.9 Å². The second-order valence-corrected chi connectivity index (χ2v) is 8.63. The number of anilines is 1. The molecule has 0 aliphatic carbocycles. The van der Waals surface area contributed by atoms with Gasteiger partial charge in [0.25, 0.3) is 5.69 Å². The number of nitro benzene ring substituents is 1. The molecule has 1 aromatic heterocycles. The predicted molar refractivity (Wildman–Crippen MR) is 139 cm³/mol. The van der Waals surface area contributed by atoms with Crippen LogP contribution in [0.5, 0.6) is 11.5 Å². The highest BCUT2D eigenvalue weighted by Crippen LogP contribution is 2.27. The molecule has 1 heterocycles. The molecule has 0 saturated heterocycles. The summed E-state index contributed by atoms with van der Waals surface area (Å²) in [4.78, 5) is 23.2. The Kier molecular flexibility index (Phi) is 8.21. The number of nitro groups is 1. The fraction of sp³-hybridized carbons (Fsp3) is 0.160. The average Bonchev–Trinajstić information content (AvgIpc) is 3.33. The van der Waals surface area contributed by atoms with Crippen molar-refractivity contribution in [3.05, 3.63) is 94.3 Å². The molecule has 0 radical (unpaired) electrons. The summed E-state index contributed by atoms with van der Waals surface area (Å²) in [6.45, 7) is 0.0690. The Hall–Kier alpha value is -4.58. The second-order valence-electron chi connectivity index (χ2n) is 7.69. The third kappa shape index (κ3) is 6.55. The Bertz CT molecular complexity index is 1390. The lowest BCUT2D eigenvalue weighted by Crippen LogP contribution is -2.29. The summed E-state index contributed by atoms with van der Waals surface area (Å²) >= 11 is 1.44. The van der Waals surface area contributed by atoms with Crippen molar-refractivity contribution in [2.75, 3.05) is 19.5 Å². The summed E-state index contributed by atoms with van der Waals surface area (Å²) in [6, 6.07) is 20.3. The van der Waals surface area contributed by atoms with Crippen LogP contribution >= 0.6 is 11.8 Å². The normalized spacial score (nSPS) is 10.5. The van der Waals surface area contributed by atoms with E-state index in [1.165, 1.54) is 23.9 Å². The number of carbonyl (C=O) groups excluding carboxylic acids is 1. The van der Waals surface area contributed by atoms with Crippen molar-refractivity contribution in [2.45, 2.75) is 17.5 Å². The number of non-ortho nitro benzene ring substituents is 1. The molecular formula is C25H24N6O5S. The van der Waals surface area contributed by atoms with Gasteiger partial charge in [-0.15, -0.1) is 10.2 Å². The van der Waals surface area contributed by atoms with Gasteiger partial charge in [0.2, 0.25) is 0 Å². The number of amides is 2. The molecule has 4 rings (SSSR count). The molecule has 12 heteroatoms. The number of hydrogen-bond acceptors (Lipinski definition) is 8. The van der Waals surface area contributed by atoms with Crippen molar-refractivity contribution in [2.24, 2.45) is 0 Å². The van der Waals surface area contributed by atoms with E-state index in [4.69, 9.17) is 9.47 Å². The van der Waals surface area contributed by atoms with E-state index in [9.17, 15) is 14.9 Å². The summed E-state index contributed by atoms with van der Waals surface area (Å²) < 4.78 is 12.2. The molecule has 2 amide bonds. The Morgan fingerprint density at radius 3 is 2.41 bits per heavy atom. The maximum Gasteiger partial charge on any atom is 0.319 e. The molecule has 3 aromatic carbocycles. The van der Waals surface area contributed by atoms with Crippen molar-refractivity contribution in [3.8, 4) is 17.2 Å². The highest BCUT2D eigenvalue weighted by Gasteiger charge is 2.17. The third-order valence-corrected chi connectivity index (χ3v) is 6.26. The number of benzene rings is 3. The molecule has 2 N–H and O–H groups in total. The van der Waals surface area contributed by atoms with Crippen LogP contribution in [0.25, 0.3) is 5.69 Å².